The average Bonchev–Trinajstić information content (AvgIpc) is 2.40. The Balaban J connectivity index is 2.23. The lowest BCUT2D eigenvalue weighted by atomic mass is 10.2. The molecule has 4 nitrogen and oxygen atoms in total. The molecule has 1 aliphatic heterocycles. The predicted molar refractivity (Wildman–Crippen MR) is 73.8 cm³/mol. The Bertz CT molecular complexity index is 488. The fourth-order valence-corrected chi connectivity index (χ4v) is 3.99. The molecule has 0 amide bonds. The number of benzene rings is 1. The first-order valence-corrected chi connectivity index (χ1v) is 7.78. The molecule has 0 aromatic heterocycles. The van der Waals surface area contributed by atoms with Crippen molar-refractivity contribution < 1.29 is 8.42 Å². The van der Waals surface area contributed by atoms with E-state index in [0.29, 0.717) is 17.7 Å². The van der Waals surface area contributed by atoms with Gasteiger partial charge in [-0.3, -0.25) is 0 Å². The van der Waals surface area contributed by atoms with Crippen molar-refractivity contribution in [1.29, 1.82) is 0 Å². The maximum Gasteiger partial charge on any atom is 0.181 e. The molecule has 100 valence electrons. The summed E-state index contributed by atoms with van der Waals surface area (Å²) >= 11 is 0. The molecule has 0 saturated carbocycles. The van der Waals surface area contributed by atoms with E-state index < -0.39 is 9.84 Å². The summed E-state index contributed by atoms with van der Waals surface area (Å²) in [6, 6.07) is 7.14. The van der Waals surface area contributed by atoms with Gasteiger partial charge in [-0.2, -0.15) is 0 Å². The van der Waals surface area contributed by atoms with E-state index in [1.807, 2.05) is 31.1 Å². The molecule has 1 aromatic carbocycles. The van der Waals surface area contributed by atoms with Crippen LogP contribution in [0.3, 0.4) is 0 Å². The van der Waals surface area contributed by atoms with Crippen LogP contribution in [-0.4, -0.2) is 40.9 Å². The van der Waals surface area contributed by atoms with Crippen LogP contribution in [-0.2, 0) is 9.84 Å². The first kappa shape index (κ1) is 13.4. The van der Waals surface area contributed by atoms with Crippen LogP contribution in [0.4, 0.5) is 5.69 Å². The van der Waals surface area contributed by atoms with Crippen molar-refractivity contribution in [3.63, 3.8) is 0 Å². The highest BCUT2D eigenvalue weighted by atomic mass is 32.2. The fraction of sp³-hybridized carbons (Fsp3) is 0.538. The molecule has 0 aliphatic carbocycles. The zero-order chi connectivity index (χ0) is 13.2. The zero-order valence-electron chi connectivity index (χ0n) is 10.9. The van der Waals surface area contributed by atoms with E-state index in [4.69, 9.17) is 0 Å². The van der Waals surface area contributed by atoms with Crippen molar-refractivity contribution in [3.05, 3.63) is 24.3 Å². The smallest absolute Gasteiger partial charge is 0.181 e. The van der Waals surface area contributed by atoms with Gasteiger partial charge >= 0.3 is 0 Å². The molecule has 2 rings (SSSR count). The molecule has 5 heteroatoms. The monoisotopic (exact) mass is 268 g/mol. The van der Waals surface area contributed by atoms with Gasteiger partial charge in [0.2, 0.25) is 0 Å². The minimum absolute atomic E-state index is 0.232. The van der Waals surface area contributed by atoms with Gasteiger partial charge in [-0.15, -0.1) is 0 Å². The maximum atomic E-state index is 12.4. The lowest BCUT2D eigenvalue weighted by Crippen LogP contribution is -2.35. The molecule has 1 aliphatic rings. The molecule has 1 N–H and O–H groups in total. The lowest BCUT2D eigenvalue weighted by molar-refractivity contribution is 0.496. The molecule has 0 radical (unpaired) electrons. The molecule has 0 bridgehead atoms. The van der Waals surface area contributed by atoms with E-state index in [2.05, 4.69) is 5.32 Å². The van der Waals surface area contributed by atoms with Gasteiger partial charge in [0.25, 0.3) is 0 Å². The van der Waals surface area contributed by atoms with E-state index in [1.165, 1.54) is 0 Å². The van der Waals surface area contributed by atoms with Gasteiger partial charge in [-0.25, -0.2) is 8.42 Å². The molecule has 18 heavy (non-hydrogen) atoms. The SMILES string of the molecule is CN(C)c1ccc(S(=O)(=O)C2CCNCC2)cc1. The number of hydrogen-bond donors (Lipinski definition) is 1. The third-order valence-electron chi connectivity index (χ3n) is 3.41. The van der Waals surface area contributed by atoms with Crippen molar-refractivity contribution >= 4 is 15.5 Å². The van der Waals surface area contributed by atoms with E-state index in [-0.39, 0.29) is 5.25 Å². The summed E-state index contributed by atoms with van der Waals surface area (Å²) in [7, 11) is 0.719. The number of sulfone groups is 1. The zero-order valence-corrected chi connectivity index (χ0v) is 11.7. The molecular weight excluding hydrogens is 248 g/mol. The van der Waals surface area contributed by atoms with Gasteiger partial charge in [0.15, 0.2) is 9.84 Å². The van der Waals surface area contributed by atoms with Crippen molar-refractivity contribution in [3.8, 4) is 0 Å². The molecule has 0 atom stereocenters. The van der Waals surface area contributed by atoms with E-state index in [0.717, 1.165) is 18.8 Å². The fourth-order valence-electron chi connectivity index (χ4n) is 2.23. The number of anilines is 1. The van der Waals surface area contributed by atoms with E-state index >= 15 is 0 Å². The highest BCUT2D eigenvalue weighted by molar-refractivity contribution is 7.92. The summed E-state index contributed by atoms with van der Waals surface area (Å²) in [4.78, 5) is 2.40. The van der Waals surface area contributed by atoms with Gasteiger partial charge in [0.1, 0.15) is 0 Å². The third kappa shape index (κ3) is 2.67. The Kier molecular flexibility index (Phi) is 3.92. The predicted octanol–water partition coefficient (Wildman–Crippen LogP) is 1.28. The number of piperidine rings is 1. The highest BCUT2D eigenvalue weighted by Gasteiger charge is 2.28. The lowest BCUT2D eigenvalue weighted by Gasteiger charge is -2.23. The van der Waals surface area contributed by atoms with Gasteiger partial charge in [0.05, 0.1) is 10.1 Å². The number of hydrogen-bond acceptors (Lipinski definition) is 4. The van der Waals surface area contributed by atoms with Gasteiger partial charge in [-0.1, -0.05) is 0 Å². The summed E-state index contributed by atoms with van der Waals surface area (Å²) in [6.45, 7) is 1.58. The topological polar surface area (TPSA) is 49.4 Å². The molecule has 0 spiro atoms. The average molecular weight is 268 g/mol. The van der Waals surface area contributed by atoms with Crippen LogP contribution in [0.25, 0.3) is 0 Å². The second-order valence-electron chi connectivity index (χ2n) is 4.88. The number of nitrogens with one attached hydrogen (secondary N) is 1. The van der Waals surface area contributed by atoms with Crippen molar-refractivity contribution in [2.45, 2.75) is 23.0 Å². The number of rotatable bonds is 3. The van der Waals surface area contributed by atoms with Crippen LogP contribution in [0.2, 0.25) is 0 Å². The summed E-state index contributed by atoms with van der Waals surface area (Å²) in [5.74, 6) is 0. The molecule has 1 saturated heterocycles. The largest absolute Gasteiger partial charge is 0.378 e. The minimum atomic E-state index is -3.16. The maximum absolute atomic E-state index is 12.4. The quantitative estimate of drug-likeness (QED) is 0.897. The summed E-state index contributed by atoms with van der Waals surface area (Å²) in [6.07, 6.45) is 1.41. The van der Waals surface area contributed by atoms with Crippen LogP contribution < -0.4 is 10.2 Å². The Hall–Kier alpha value is -1.07. The molecule has 1 fully saturated rings. The van der Waals surface area contributed by atoms with Gasteiger partial charge < -0.3 is 10.2 Å². The van der Waals surface area contributed by atoms with Crippen LogP contribution >= 0.6 is 0 Å². The second-order valence-corrected chi connectivity index (χ2v) is 7.11. The molecular formula is C13H20N2O2S. The Morgan fingerprint density at radius 3 is 2.17 bits per heavy atom. The summed E-state index contributed by atoms with van der Waals surface area (Å²) in [5, 5.41) is 2.96. The van der Waals surface area contributed by atoms with Crippen LogP contribution in [0.5, 0.6) is 0 Å². The molecule has 1 heterocycles. The van der Waals surface area contributed by atoms with E-state index in [9.17, 15) is 8.42 Å². The summed E-state index contributed by atoms with van der Waals surface area (Å²) < 4.78 is 24.9. The second kappa shape index (κ2) is 5.28. The molecule has 0 unspecified atom stereocenters. The van der Waals surface area contributed by atoms with Crippen LogP contribution in [0.15, 0.2) is 29.2 Å². The molecule has 1 aromatic rings. The Labute approximate surface area is 109 Å². The van der Waals surface area contributed by atoms with E-state index in [1.54, 1.807) is 12.1 Å². The first-order chi connectivity index (χ1) is 8.51. The van der Waals surface area contributed by atoms with Crippen molar-refractivity contribution in [1.82, 2.24) is 5.32 Å². The standard InChI is InChI=1S/C13H20N2O2S/c1-15(2)11-3-5-12(6-4-11)18(16,17)13-7-9-14-10-8-13/h3-6,13-14H,7-10H2,1-2H3. The minimum Gasteiger partial charge on any atom is -0.378 e. The Morgan fingerprint density at radius 2 is 1.67 bits per heavy atom. The van der Waals surface area contributed by atoms with Gasteiger partial charge in [0, 0.05) is 19.8 Å². The number of nitrogens with zero attached hydrogens (tertiary/aromatic N) is 1. The van der Waals surface area contributed by atoms with Gasteiger partial charge in [-0.05, 0) is 50.2 Å². The first-order valence-electron chi connectivity index (χ1n) is 6.24. The van der Waals surface area contributed by atoms with Crippen LogP contribution in [0, 0.1) is 0 Å². The van der Waals surface area contributed by atoms with Crippen molar-refractivity contribution in [2.75, 3.05) is 32.1 Å². The summed E-state index contributed by atoms with van der Waals surface area (Å²) in [5.41, 5.74) is 1.01. The van der Waals surface area contributed by atoms with Crippen LogP contribution in [0.1, 0.15) is 12.8 Å². The Morgan fingerprint density at radius 1 is 1.11 bits per heavy atom. The normalized spacial score (nSPS) is 17.7. The highest BCUT2D eigenvalue weighted by Crippen LogP contribution is 2.24. The van der Waals surface area contributed by atoms with Crippen molar-refractivity contribution in [2.24, 2.45) is 0 Å². The third-order valence-corrected chi connectivity index (χ3v) is 5.68.